The van der Waals surface area contributed by atoms with Gasteiger partial charge in [0.25, 0.3) is 5.56 Å². The van der Waals surface area contributed by atoms with Crippen molar-refractivity contribution in [1.82, 2.24) is 9.55 Å². The normalized spacial score (nSPS) is 11.9. The minimum absolute atomic E-state index is 0.153. The first-order chi connectivity index (χ1) is 14.6. The van der Waals surface area contributed by atoms with E-state index in [4.69, 9.17) is 12.2 Å². The van der Waals surface area contributed by atoms with E-state index in [0.29, 0.717) is 15.7 Å². The fraction of sp³-hybridized carbons (Fsp3) is 0.125. The standard InChI is InChI=1S/C24H19N3O2S/c28-22(11-12-27-23(29)20-7-3-4-8-21(20)26-24(27)30)25-17-9-10-19-16(14-17)13-15-5-1-2-6-18(15)19/h1-10,14H,11-13H2,(H,25,28)(H,26,30). The van der Waals surface area contributed by atoms with Crippen molar-refractivity contribution >= 4 is 34.7 Å². The molecule has 5 rings (SSSR count). The summed E-state index contributed by atoms with van der Waals surface area (Å²) in [4.78, 5) is 28.3. The van der Waals surface area contributed by atoms with Gasteiger partial charge in [-0.1, -0.05) is 42.5 Å². The first kappa shape index (κ1) is 18.5. The Balaban J connectivity index is 1.31. The molecule has 148 valence electrons. The SMILES string of the molecule is O=C(CCn1c(=S)[nH]c2ccccc2c1=O)Nc1ccc2c(c1)Cc1ccccc1-2. The molecule has 0 aliphatic heterocycles. The lowest BCUT2D eigenvalue weighted by atomic mass is 10.1. The second-order valence-corrected chi connectivity index (χ2v) is 7.82. The Morgan fingerprint density at radius 2 is 1.77 bits per heavy atom. The minimum Gasteiger partial charge on any atom is -0.332 e. The molecule has 30 heavy (non-hydrogen) atoms. The maximum atomic E-state index is 12.7. The van der Waals surface area contributed by atoms with Gasteiger partial charge < -0.3 is 10.3 Å². The molecule has 0 saturated carbocycles. The number of hydrogen-bond donors (Lipinski definition) is 2. The Hall–Kier alpha value is -3.51. The second kappa shape index (κ2) is 7.39. The predicted octanol–water partition coefficient (Wildman–Crippen LogP) is 4.66. The topological polar surface area (TPSA) is 66.9 Å². The van der Waals surface area contributed by atoms with Gasteiger partial charge in [-0.05, 0) is 65.2 Å². The molecule has 1 aliphatic rings. The van der Waals surface area contributed by atoms with Crippen LogP contribution >= 0.6 is 12.2 Å². The molecule has 1 heterocycles. The van der Waals surface area contributed by atoms with Crippen LogP contribution < -0.4 is 10.9 Å². The van der Waals surface area contributed by atoms with Crippen molar-refractivity contribution in [2.45, 2.75) is 19.4 Å². The number of fused-ring (bicyclic) bond motifs is 4. The number of anilines is 1. The Bertz CT molecular complexity index is 1420. The molecular formula is C24H19N3O2S. The quantitative estimate of drug-likeness (QED) is 0.421. The highest BCUT2D eigenvalue weighted by Gasteiger charge is 2.18. The second-order valence-electron chi connectivity index (χ2n) is 7.44. The number of amides is 1. The van der Waals surface area contributed by atoms with E-state index in [2.05, 4.69) is 28.5 Å². The number of nitrogens with one attached hydrogen (secondary N) is 2. The van der Waals surface area contributed by atoms with Crippen molar-refractivity contribution in [3.63, 3.8) is 0 Å². The van der Waals surface area contributed by atoms with E-state index < -0.39 is 0 Å². The number of hydrogen-bond acceptors (Lipinski definition) is 3. The van der Waals surface area contributed by atoms with Crippen LogP contribution in [0, 0.1) is 4.77 Å². The largest absolute Gasteiger partial charge is 0.332 e. The van der Waals surface area contributed by atoms with Gasteiger partial charge in [-0.2, -0.15) is 0 Å². The van der Waals surface area contributed by atoms with Crippen LogP contribution in [0.15, 0.2) is 71.5 Å². The molecule has 0 radical (unpaired) electrons. The molecule has 6 heteroatoms. The molecule has 0 fully saturated rings. The van der Waals surface area contributed by atoms with E-state index in [1.807, 2.05) is 42.5 Å². The van der Waals surface area contributed by atoms with Crippen LogP contribution in [0.25, 0.3) is 22.0 Å². The summed E-state index contributed by atoms with van der Waals surface area (Å²) < 4.78 is 1.76. The Kier molecular flexibility index (Phi) is 4.56. The summed E-state index contributed by atoms with van der Waals surface area (Å²) in [7, 11) is 0. The number of para-hydroxylation sites is 1. The van der Waals surface area contributed by atoms with E-state index in [0.717, 1.165) is 12.1 Å². The van der Waals surface area contributed by atoms with Crippen LogP contribution in [0.3, 0.4) is 0 Å². The molecule has 4 aromatic rings. The number of carbonyl (C=O) groups excluding carboxylic acids is 1. The average Bonchev–Trinajstić information content (AvgIpc) is 3.11. The van der Waals surface area contributed by atoms with Gasteiger partial charge in [0.2, 0.25) is 5.91 Å². The van der Waals surface area contributed by atoms with E-state index in [9.17, 15) is 9.59 Å². The number of rotatable bonds is 4. The van der Waals surface area contributed by atoms with Gasteiger partial charge in [-0.3, -0.25) is 14.2 Å². The zero-order valence-electron chi connectivity index (χ0n) is 16.1. The van der Waals surface area contributed by atoms with Gasteiger partial charge in [-0.15, -0.1) is 0 Å². The number of H-pyrrole nitrogens is 1. The number of benzene rings is 3. The van der Waals surface area contributed by atoms with Crippen molar-refractivity contribution in [2.24, 2.45) is 0 Å². The first-order valence-corrected chi connectivity index (χ1v) is 10.2. The highest BCUT2D eigenvalue weighted by molar-refractivity contribution is 7.71. The summed E-state index contributed by atoms with van der Waals surface area (Å²) in [5.74, 6) is -0.153. The maximum Gasteiger partial charge on any atom is 0.262 e. The highest BCUT2D eigenvalue weighted by Crippen LogP contribution is 2.37. The minimum atomic E-state index is -0.183. The summed E-state index contributed by atoms with van der Waals surface area (Å²) in [5, 5.41) is 3.51. The number of carbonyl (C=O) groups is 1. The van der Waals surface area contributed by atoms with Gasteiger partial charge in [0.05, 0.1) is 10.9 Å². The van der Waals surface area contributed by atoms with Gasteiger partial charge in [0.15, 0.2) is 4.77 Å². The molecular weight excluding hydrogens is 394 g/mol. The zero-order chi connectivity index (χ0) is 20.7. The first-order valence-electron chi connectivity index (χ1n) is 9.83. The van der Waals surface area contributed by atoms with Gasteiger partial charge in [0, 0.05) is 18.7 Å². The van der Waals surface area contributed by atoms with Crippen LogP contribution in [-0.2, 0) is 17.8 Å². The Morgan fingerprint density at radius 3 is 2.67 bits per heavy atom. The van der Waals surface area contributed by atoms with Crippen molar-refractivity contribution < 1.29 is 4.79 Å². The summed E-state index contributed by atoms with van der Waals surface area (Å²) >= 11 is 5.31. The van der Waals surface area contributed by atoms with E-state index in [-0.39, 0.29) is 24.4 Å². The molecule has 1 aliphatic carbocycles. The molecule has 0 unspecified atom stereocenters. The Morgan fingerprint density at radius 1 is 1.00 bits per heavy atom. The number of nitrogens with zero attached hydrogens (tertiary/aromatic N) is 1. The number of aromatic nitrogens is 2. The maximum absolute atomic E-state index is 12.7. The summed E-state index contributed by atoms with van der Waals surface area (Å²) in [5.41, 5.74) is 6.28. The fourth-order valence-electron chi connectivity index (χ4n) is 4.06. The van der Waals surface area contributed by atoms with E-state index in [1.54, 1.807) is 6.07 Å². The van der Waals surface area contributed by atoms with Crippen LogP contribution in [-0.4, -0.2) is 15.5 Å². The lowest BCUT2D eigenvalue weighted by Crippen LogP contribution is -2.25. The summed E-state index contributed by atoms with van der Waals surface area (Å²) in [6, 6.07) is 21.6. The third-order valence-corrected chi connectivity index (χ3v) is 5.85. The predicted molar refractivity (Wildman–Crippen MR) is 121 cm³/mol. The Labute approximate surface area is 178 Å². The van der Waals surface area contributed by atoms with Gasteiger partial charge in [-0.25, -0.2) is 0 Å². The summed E-state index contributed by atoms with van der Waals surface area (Å²) in [6.45, 7) is 0.223. The molecule has 1 aromatic heterocycles. The van der Waals surface area contributed by atoms with E-state index in [1.165, 1.54) is 26.8 Å². The van der Waals surface area contributed by atoms with Crippen LogP contribution in [0.1, 0.15) is 17.5 Å². The molecule has 3 aromatic carbocycles. The third-order valence-electron chi connectivity index (χ3n) is 5.53. The lowest BCUT2D eigenvalue weighted by molar-refractivity contribution is -0.116. The number of aromatic amines is 1. The van der Waals surface area contributed by atoms with Crippen LogP contribution in [0.5, 0.6) is 0 Å². The lowest BCUT2D eigenvalue weighted by Gasteiger charge is -2.10. The molecule has 5 nitrogen and oxygen atoms in total. The van der Waals surface area contributed by atoms with Crippen molar-refractivity contribution in [3.05, 3.63) is 93.0 Å². The van der Waals surface area contributed by atoms with Gasteiger partial charge >= 0.3 is 0 Å². The van der Waals surface area contributed by atoms with Gasteiger partial charge in [0.1, 0.15) is 0 Å². The highest BCUT2D eigenvalue weighted by atomic mass is 32.1. The summed E-state index contributed by atoms with van der Waals surface area (Å²) in [6.07, 6.45) is 1.03. The molecule has 0 spiro atoms. The van der Waals surface area contributed by atoms with Crippen molar-refractivity contribution in [2.75, 3.05) is 5.32 Å². The zero-order valence-corrected chi connectivity index (χ0v) is 17.0. The van der Waals surface area contributed by atoms with E-state index >= 15 is 0 Å². The molecule has 1 amide bonds. The molecule has 0 saturated heterocycles. The monoisotopic (exact) mass is 413 g/mol. The molecule has 2 N–H and O–H groups in total. The van der Waals surface area contributed by atoms with Crippen molar-refractivity contribution in [3.8, 4) is 11.1 Å². The third kappa shape index (κ3) is 3.25. The van der Waals surface area contributed by atoms with Crippen LogP contribution in [0.2, 0.25) is 0 Å². The molecule has 0 bridgehead atoms. The average molecular weight is 414 g/mol. The smallest absolute Gasteiger partial charge is 0.262 e. The molecule has 0 atom stereocenters. The van der Waals surface area contributed by atoms with Crippen molar-refractivity contribution in [1.29, 1.82) is 0 Å². The van der Waals surface area contributed by atoms with Crippen LogP contribution in [0.4, 0.5) is 5.69 Å². The fourth-order valence-corrected chi connectivity index (χ4v) is 4.35.